The SMILES string of the molecule is C.C.C.CC(C)Cc1ccc(C(C)(C)C)cc1.CC(C)c1cc(C(N)=O)cc(C(N)=O)c1.CC(C)c1ccc(C(C)(C)C)c(NC(=O)CO)c1.CC(C)c1onc(OCCO)c1C(N)=O.CCc1ccc(CC(C)C)cc1.COc1ccc(S(N)(=O)=O)cc1C(C)C.Cc1ccc(CC(C)C)cc1.Cc1cccc(CC(C)C)c1.Cc1ccccc1CC(C)C. The summed E-state index contributed by atoms with van der Waals surface area (Å²) in [6.45, 7) is 59.4. The highest BCUT2D eigenvalue weighted by Gasteiger charge is 2.25. The highest BCUT2D eigenvalue weighted by Crippen LogP contribution is 2.34. The summed E-state index contributed by atoms with van der Waals surface area (Å²) >= 11 is 0. The molecule has 0 aliphatic heterocycles. The molecule has 1 heterocycles. The van der Waals surface area contributed by atoms with Crippen LogP contribution >= 0.6 is 0 Å². The van der Waals surface area contributed by atoms with E-state index in [9.17, 15) is 27.6 Å². The number of methoxy groups -OCH3 is 1. The van der Waals surface area contributed by atoms with E-state index in [1.54, 1.807) is 31.4 Å². The molecule has 4 amide bonds. The van der Waals surface area contributed by atoms with Gasteiger partial charge >= 0.3 is 0 Å². The molecule has 8 aromatic carbocycles. The zero-order valence-corrected chi connectivity index (χ0v) is 80.4. The summed E-state index contributed by atoms with van der Waals surface area (Å²) in [6.07, 6.45) is 7.12. The molecular formula is C107H166N6O11S. The Morgan fingerprint density at radius 1 is 0.480 bits per heavy atom. The lowest BCUT2D eigenvalue weighted by Gasteiger charge is -2.24. The third-order valence-corrected chi connectivity index (χ3v) is 19.9. The van der Waals surface area contributed by atoms with Crippen LogP contribution in [0.1, 0.15) is 334 Å². The first-order valence-electron chi connectivity index (χ1n) is 43.1. The average molecular weight is 1740 g/mol. The molecule has 0 fully saturated rings. The number of aliphatic hydroxyl groups excluding tert-OH is 2. The van der Waals surface area contributed by atoms with E-state index in [-0.39, 0.29) is 86.3 Å². The summed E-state index contributed by atoms with van der Waals surface area (Å²) in [6, 6.07) is 59.7. The monoisotopic (exact) mass is 1740 g/mol. The standard InChI is InChI=1S/C15H23NO2.C14H22.C12H18.C11H14N2O2.3C11H16.C10H15NO3S.C9H14N2O4.3CH4/c1-10(2)11-6-7-12(15(3,4)5)13(8-11)16-14(18)9-17;1-11(2)10-12-6-8-13(9-7-12)14(3,4)5;1-4-11-5-7-12(8-6-11)9-10(2)3;1-6(2)7-3-8(10(12)14)5-9(4-7)11(13)15;1-9(2)8-11-6-4-10(3)5-7-11;1-9(2)7-11-6-4-5-10(3)8-11;1-9(2)8-11-7-5-4-6-10(11)3;1-7(2)9-6-8(15(11,12)13)4-5-10(9)14-3;1-5(2)7-6(8(10)13)9(11-15-7)14-4-3-12;;;/h6-8,10,17H,9H2,1-5H3,(H,16,18);6-9,11H,10H2,1-5H3;5-8,10H,4,9H2,1-3H3;3-6H,1-2H3,(H2,12,14)(H2,13,15);4-7,9H,8H2,1-3H3;4-6,8-9H,7H2,1-3H3;4-7,9H,8H2,1-3H3;4-7H,1-3H3,(H2,11,12,13);5,12H,3-4H2,1-2H3,(H2,10,13);3*1H4. The molecule has 0 unspecified atom stereocenters. The van der Waals surface area contributed by atoms with Crippen molar-refractivity contribution in [2.75, 3.05) is 32.2 Å². The number of carbonyl (C=O) groups excluding carboxylic acids is 4. The first-order chi connectivity index (χ1) is 56.8. The van der Waals surface area contributed by atoms with Gasteiger partial charge in [-0.25, -0.2) is 13.6 Å². The molecule has 17 nitrogen and oxygen atoms in total. The Kier molecular flexibility index (Phi) is 57.4. The zero-order valence-electron chi connectivity index (χ0n) is 79.5. The highest BCUT2D eigenvalue weighted by molar-refractivity contribution is 7.89. The Balaban J connectivity index is -0.00000134. The maximum Gasteiger partial charge on any atom is 0.267 e. The number of carbonyl (C=O) groups is 4. The van der Waals surface area contributed by atoms with Crippen LogP contribution in [0, 0.1) is 50.4 Å². The number of primary sulfonamides is 1. The number of amides is 4. The van der Waals surface area contributed by atoms with Gasteiger partial charge in [0.2, 0.25) is 27.7 Å². The van der Waals surface area contributed by atoms with E-state index in [1.165, 1.54) is 105 Å². The Hall–Kier alpha value is -9.72. The number of hydrogen-bond acceptors (Lipinski definition) is 12. The zero-order chi connectivity index (χ0) is 93.1. The molecule has 1 aromatic heterocycles. The van der Waals surface area contributed by atoms with E-state index in [0.717, 1.165) is 58.4 Å². The third-order valence-electron chi connectivity index (χ3n) is 19.0. The Morgan fingerprint density at radius 3 is 1.33 bits per heavy atom. The predicted octanol–water partition coefficient (Wildman–Crippen LogP) is 24.9. The smallest absolute Gasteiger partial charge is 0.267 e. The van der Waals surface area contributed by atoms with Crippen molar-refractivity contribution >= 4 is 39.3 Å². The van der Waals surface area contributed by atoms with Crippen LogP contribution < -0.4 is 37.1 Å². The van der Waals surface area contributed by atoms with Gasteiger partial charge in [0.1, 0.15) is 24.5 Å². The number of aromatic nitrogens is 1. The number of aliphatic hydroxyl groups is 2. The number of anilines is 1. The predicted molar refractivity (Wildman–Crippen MR) is 530 cm³/mol. The van der Waals surface area contributed by atoms with Gasteiger partial charge in [0.05, 0.1) is 18.6 Å². The maximum atomic E-state index is 11.4. The van der Waals surface area contributed by atoms with Crippen LogP contribution in [0.5, 0.6) is 11.6 Å². The van der Waals surface area contributed by atoms with Gasteiger partial charge in [0, 0.05) is 22.7 Å². The fraction of sp³-hybridized carbons (Fsp3) is 0.486. The van der Waals surface area contributed by atoms with E-state index >= 15 is 0 Å². The van der Waals surface area contributed by atoms with Gasteiger partial charge in [-0.2, -0.15) is 0 Å². The van der Waals surface area contributed by atoms with Crippen LogP contribution in [0.3, 0.4) is 0 Å². The van der Waals surface area contributed by atoms with Crippen molar-refractivity contribution in [3.63, 3.8) is 0 Å². The Labute approximate surface area is 757 Å². The Bertz CT molecular complexity index is 4630. The number of aryl methyl sites for hydroxylation is 4. The molecule has 0 saturated heterocycles. The Morgan fingerprint density at radius 2 is 0.944 bits per heavy atom. The number of nitrogens with one attached hydrogen (secondary N) is 1. The van der Waals surface area contributed by atoms with Crippen molar-refractivity contribution in [2.45, 2.75) is 294 Å². The van der Waals surface area contributed by atoms with Gasteiger partial charge in [-0.15, -0.1) is 0 Å². The van der Waals surface area contributed by atoms with E-state index in [2.05, 4.69) is 296 Å². The molecule has 0 atom stereocenters. The molecule has 0 bridgehead atoms. The lowest BCUT2D eigenvalue weighted by atomic mass is 9.84. The molecule has 0 aliphatic rings. The molecule has 0 radical (unpaired) electrons. The third kappa shape index (κ3) is 48.5. The summed E-state index contributed by atoms with van der Waals surface area (Å²) in [4.78, 5) is 44.7. The van der Waals surface area contributed by atoms with Crippen LogP contribution in [0.15, 0.2) is 185 Å². The van der Waals surface area contributed by atoms with Gasteiger partial charge in [0.25, 0.3) is 11.8 Å². The summed E-state index contributed by atoms with van der Waals surface area (Å²) in [5.74, 6) is 3.57. The minimum absolute atomic E-state index is 0. The highest BCUT2D eigenvalue weighted by atomic mass is 32.2. The summed E-state index contributed by atoms with van der Waals surface area (Å²) in [5, 5.41) is 28.8. The minimum atomic E-state index is -3.64. The van der Waals surface area contributed by atoms with Crippen LogP contribution in [0.4, 0.5) is 5.69 Å². The molecule has 125 heavy (non-hydrogen) atoms. The van der Waals surface area contributed by atoms with E-state index < -0.39 is 34.4 Å². The lowest BCUT2D eigenvalue weighted by Crippen LogP contribution is -2.21. The topological polar surface area (TPSA) is 303 Å². The summed E-state index contributed by atoms with van der Waals surface area (Å²) < 4.78 is 37.4. The number of ether oxygens (including phenoxy) is 2. The molecule has 18 heteroatoms. The normalized spacial score (nSPS) is 10.8. The van der Waals surface area contributed by atoms with Crippen molar-refractivity contribution in [2.24, 2.45) is 51.9 Å². The number of hydrogen-bond donors (Lipinski definition) is 7. The van der Waals surface area contributed by atoms with Gasteiger partial charge in [-0.3, -0.25) is 19.2 Å². The number of rotatable bonds is 25. The maximum absolute atomic E-state index is 11.4. The number of benzene rings is 8. The second-order valence-corrected chi connectivity index (χ2v) is 38.1. The molecule has 0 saturated carbocycles. The van der Waals surface area contributed by atoms with Gasteiger partial charge in [-0.1, -0.05) is 340 Å². The van der Waals surface area contributed by atoms with Crippen LogP contribution in [0.2, 0.25) is 0 Å². The van der Waals surface area contributed by atoms with Crippen molar-refractivity contribution < 1.29 is 51.8 Å². The van der Waals surface area contributed by atoms with E-state index in [0.29, 0.717) is 28.6 Å². The van der Waals surface area contributed by atoms with Crippen molar-refractivity contribution in [3.05, 3.63) is 276 Å². The number of nitrogens with zero attached hydrogens (tertiary/aromatic N) is 1. The molecule has 0 aliphatic carbocycles. The number of nitrogens with two attached hydrogens (primary N) is 4. The van der Waals surface area contributed by atoms with Crippen LogP contribution in [-0.4, -0.2) is 74.3 Å². The fourth-order valence-corrected chi connectivity index (χ4v) is 13.0. The lowest BCUT2D eigenvalue weighted by molar-refractivity contribution is -0.118. The molecular weight excluding hydrogens is 1580 g/mol. The molecule has 696 valence electrons. The van der Waals surface area contributed by atoms with Crippen LogP contribution in [0.25, 0.3) is 0 Å². The molecule has 9 aromatic rings. The van der Waals surface area contributed by atoms with Gasteiger partial charge in [0.15, 0.2) is 5.76 Å². The number of sulfonamides is 1. The minimum Gasteiger partial charge on any atom is -0.496 e. The second-order valence-electron chi connectivity index (χ2n) is 36.6. The molecule has 0 spiro atoms. The number of primary amides is 3. The molecule has 11 N–H and O–H groups in total. The summed E-state index contributed by atoms with van der Waals surface area (Å²) in [5.41, 5.74) is 35.6. The van der Waals surface area contributed by atoms with Crippen molar-refractivity contribution in [3.8, 4) is 11.6 Å². The van der Waals surface area contributed by atoms with Gasteiger partial charge in [-0.05, 0) is 232 Å². The average Bonchev–Trinajstić information content (AvgIpc) is 1.74. The first kappa shape index (κ1) is 119. The van der Waals surface area contributed by atoms with E-state index in [4.69, 9.17) is 46.5 Å². The second kappa shape index (κ2) is 60.0. The van der Waals surface area contributed by atoms with Crippen LogP contribution in [-0.2, 0) is 64.2 Å². The quantitative estimate of drug-likeness (QED) is 0.0281. The molecule has 9 rings (SSSR count). The van der Waals surface area contributed by atoms with Crippen molar-refractivity contribution in [1.29, 1.82) is 0 Å². The van der Waals surface area contributed by atoms with E-state index in [1.807, 2.05) is 47.6 Å². The summed E-state index contributed by atoms with van der Waals surface area (Å²) in [7, 11) is -2.09. The first-order valence-corrected chi connectivity index (χ1v) is 44.7. The largest absolute Gasteiger partial charge is 0.496 e. The fourth-order valence-electron chi connectivity index (χ4n) is 12.4. The van der Waals surface area contributed by atoms with Gasteiger partial charge < -0.3 is 46.7 Å². The van der Waals surface area contributed by atoms with Crippen molar-refractivity contribution in [1.82, 2.24) is 5.16 Å².